The number of rotatable bonds is 5. The summed E-state index contributed by atoms with van der Waals surface area (Å²) in [4.78, 5) is 12.7. The highest BCUT2D eigenvalue weighted by atomic mass is 32.2. The average Bonchev–Trinajstić information content (AvgIpc) is 2.54. The van der Waals surface area contributed by atoms with E-state index in [0.29, 0.717) is 5.56 Å². The van der Waals surface area contributed by atoms with Crippen molar-refractivity contribution < 1.29 is 26.4 Å². The van der Waals surface area contributed by atoms with Gasteiger partial charge in [-0.2, -0.15) is 17.5 Å². The number of alkyl halides is 3. The number of likely N-dealkylation sites (N-methyl/N-ethyl adjacent to an activating group) is 1. The van der Waals surface area contributed by atoms with Crippen LogP contribution in [0.2, 0.25) is 0 Å². The van der Waals surface area contributed by atoms with Crippen molar-refractivity contribution in [1.29, 1.82) is 0 Å². The number of hydrogen-bond acceptors (Lipinski definition) is 3. The van der Waals surface area contributed by atoms with Crippen molar-refractivity contribution >= 4 is 21.6 Å². The minimum absolute atomic E-state index is 0.0762. The van der Waals surface area contributed by atoms with E-state index in [0.717, 1.165) is 28.8 Å². The Hall–Kier alpha value is -2.39. The molecule has 0 saturated carbocycles. The van der Waals surface area contributed by atoms with Gasteiger partial charge in [-0.15, -0.1) is 0 Å². The summed E-state index contributed by atoms with van der Waals surface area (Å²) < 4.78 is 63.1. The van der Waals surface area contributed by atoms with Crippen LogP contribution in [0.4, 0.5) is 18.9 Å². The molecule has 0 spiro atoms. The Balaban J connectivity index is 2.36. The molecule has 2 aromatic rings. The van der Waals surface area contributed by atoms with Crippen LogP contribution in [0.15, 0.2) is 54.6 Å². The fraction of sp³-hybridized carbons (Fsp3) is 0.235. The van der Waals surface area contributed by atoms with Crippen LogP contribution >= 0.6 is 0 Å². The quantitative estimate of drug-likeness (QED) is 0.858. The van der Waals surface area contributed by atoms with Gasteiger partial charge in [0.25, 0.3) is 0 Å². The van der Waals surface area contributed by atoms with E-state index in [1.165, 1.54) is 13.1 Å². The third kappa shape index (κ3) is 4.83. The first-order valence-electron chi connectivity index (χ1n) is 7.46. The van der Waals surface area contributed by atoms with Crippen LogP contribution in [-0.2, 0) is 21.0 Å². The standard InChI is InChI=1S/C17H17F3N2O3S/c1-22(26(2,24)25)15(12-7-4-3-5-8-12)16(23)21-14-10-6-9-13(11-14)17(18,19)20/h3-11,15H,1-2H3,(H,21,23)/t15-/m1/s1. The van der Waals surface area contributed by atoms with E-state index in [2.05, 4.69) is 5.32 Å². The number of anilines is 1. The zero-order valence-corrected chi connectivity index (χ0v) is 14.8. The van der Waals surface area contributed by atoms with Gasteiger partial charge in [0, 0.05) is 12.7 Å². The Bertz CT molecular complexity index is 884. The lowest BCUT2D eigenvalue weighted by molar-refractivity contribution is -0.137. The second kappa shape index (κ2) is 7.46. The van der Waals surface area contributed by atoms with Crippen LogP contribution in [0, 0.1) is 0 Å². The summed E-state index contributed by atoms with van der Waals surface area (Å²) in [5.41, 5.74) is -0.597. The van der Waals surface area contributed by atoms with Gasteiger partial charge in [-0.25, -0.2) is 8.42 Å². The third-order valence-electron chi connectivity index (χ3n) is 3.71. The number of benzene rings is 2. The molecule has 26 heavy (non-hydrogen) atoms. The highest BCUT2D eigenvalue weighted by Gasteiger charge is 2.32. The summed E-state index contributed by atoms with van der Waals surface area (Å²) in [6.07, 6.45) is -3.61. The van der Waals surface area contributed by atoms with Crippen molar-refractivity contribution in [1.82, 2.24) is 4.31 Å². The number of nitrogens with zero attached hydrogens (tertiary/aromatic N) is 1. The Labute approximate surface area is 149 Å². The molecule has 0 bridgehead atoms. The number of nitrogens with one attached hydrogen (secondary N) is 1. The van der Waals surface area contributed by atoms with E-state index in [1.807, 2.05) is 0 Å². The molecule has 9 heteroatoms. The first-order valence-corrected chi connectivity index (χ1v) is 9.31. The Morgan fingerprint density at radius 1 is 1.08 bits per heavy atom. The topological polar surface area (TPSA) is 66.5 Å². The van der Waals surface area contributed by atoms with Gasteiger partial charge in [-0.3, -0.25) is 4.79 Å². The lowest BCUT2D eigenvalue weighted by Gasteiger charge is -2.25. The van der Waals surface area contributed by atoms with Crippen LogP contribution < -0.4 is 5.32 Å². The molecule has 0 radical (unpaired) electrons. The predicted molar refractivity (Wildman–Crippen MR) is 91.9 cm³/mol. The SMILES string of the molecule is CN([C@@H](C(=O)Nc1cccc(C(F)(F)F)c1)c1ccccc1)S(C)(=O)=O. The van der Waals surface area contributed by atoms with Crippen LogP contribution in [0.5, 0.6) is 0 Å². The highest BCUT2D eigenvalue weighted by Crippen LogP contribution is 2.31. The largest absolute Gasteiger partial charge is 0.416 e. The second-order valence-corrected chi connectivity index (χ2v) is 7.70. The van der Waals surface area contributed by atoms with Gasteiger partial charge in [0.1, 0.15) is 6.04 Å². The molecule has 1 atom stereocenters. The zero-order chi connectivity index (χ0) is 19.5. The molecule has 0 fully saturated rings. The molecule has 2 rings (SSSR count). The molecule has 0 aliphatic carbocycles. The predicted octanol–water partition coefficient (Wildman–Crippen LogP) is 3.28. The maximum atomic E-state index is 12.8. The van der Waals surface area contributed by atoms with Gasteiger partial charge in [0.05, 0.1) is 11.8 Å². The van der Waals surface area contributed by atoms with Gasteiger partial charge < -0.3 is 5.32 Å². The fourth-order valence-corrected chi connectivity index (χ4v) is 2.94. The summed E-state index contributed by atoms with van der Waals surface area (Å²) in [6, 6.07) is 11.0. The molecule has 0 aromatic heterocycles. The van der Waals surface area contributed by atoms with Gasteiger partial charge in [-0.05, 0) is 23.8 Å². The van der Waals surface area contributed by atoms with E-state index in [9.17, 15) is 26.4 Å². The van der Waals surface area contributed by atoms with Gasteiger partial charge in [-0.1, -0.05) is 36.4 Å². The highest BCUT2D eigenvalue weighted by molar-refractivity contribution is 7.88. The van der Waals surface area contributed by atoms with Crippen LogP contribution in [0.3, 0.4) is 0 Å². The smallest absolute Gasteiger partial charge is 0.324 e. The maximum Gasteiger partial charge on any atom is 0.416 e. The van der Waals surface area contributed by atoms with Crippen molar-refractivity contribution in [2.75, 3.05) is 18.6 Å². The first-order chi connectivity index (χ1) is 12.0. The van der Waals surface area contributed by atoms with E-state index in [-0.39, 0.29) is 5.69 Å². The van der Waals surface area contributed by atoms with Crippen LogP contribution in [0.25, 0.3) is 0 Å². The molecule has 2 aromatic carbocycles. The third-order valence-corrected chi connectivity index (χ3v) is 4.96. The normalized spacial score (nSPS) is 13.5. The zero-order valence-electron chi connectivity index (χ0n) is 14.0. The number of sulfonamides is 1. The number of halogens is 3. The van der Waals surface area contributed by atoms with Crippen molar-refractivity contribution in [2.45, 2.75) is 12.2 Å². The molecular formula is C17H17F3N2O3S. The molecule has 1 N–H and O–H groups in total. The monoisotopic (exact) mass is 386 g/mol. The first kappa shape index (κ1) is 19.9. The van der Waals surface area contributed by atoms with Crippen LogP contribution in [-0.4, -0.2) is 31.9 Å². The molecule has 140 valence electrons. The Morgan fingerprint density at radius 3 is 2.23 bits per heavy atom. The molecule has 0 heterocycles. The molecule has 0 aliphatic rings. The Morgan fingerprint density at radius 2 is 1.69 bits per heavy atom. The van der Waals surface area contributed by atoms with Crippen molar-refractivity contribution in [3.05, 3.63) is 65.7 Å². The summed E-state index contributed by atoms with van der Waals surface area (Å²) >= 11 is 0. The molecular weight excluding hydrogens is 369 g/mol. The number of amides is 1. The molecule has 0 saturated heterocycles. The fourth-order valence-electron chi connectivity index (χ4n) is 2.34. The summed E-state index contributed by atoms with van der Waals surface area (Å²) in [7, 11) is -2.49. The Kier molecular flexibility index (Phi) is 5.72. The lowest BCUT2D eigenvalue weighted by Crippen LogP contribution is -2.38. The summed E-state index contributed by atoms with van der Waals surface area (Å²) in [6.45, 7) is 0. The minimum atomic E-state index is -4.55. The van der Waals surface area contributed by atoms with Crippen LogP contribution in [0.1, 0.15) is 17.2 Å². The van der Waals surface area contributed by atoms with Gasteiger partial charge in [0.2, 0.25) is 15.9 Å². The van der Waals surface area contributed by atoms with Gasteiger partial charge in [0.15, 0.2) is 0 Å². The molecule has 5 nitrogen and oxygen atoms in total. The van der Waals surface area contributed by atoms with E-state index in [1.54, 1.807) is 30.3 Å². The average molecular weight is 386 g/mol. The molecule has 0 unspecified atom stereocenters. The maximum absolute atomic E-state index is 12.8. The van der Waals surface area contributed by atoms with Crippen molar-refractivity contribution in [3.8, 4) is 0 Å². The van der Waals surface area contributed by atoms with E-state index < -0.39 is 33.7 Å². The number of carbonyl (C=O) groups excluding carboxylic acids is 1. The molecule has 1 amide bonds. The van der Waals surface area contributed by atoms with E-state index >= 15 is 0 Å². The summed E-state index contributed by atoms with van der Waals surface area (Å²) in [5, 5.41) is 2.36. The lowest BCUT2D eigenvalue weighted by atomic mass is 10.1. The van der Waals surface area contributed by atoms with Crippen molar-refractivity contribution in [2.24, 2.45) is 0 Å². The summed E-state index contributed by atoms with van der Waals surface area (Å²) in [5.74, 6) is -0.761. The molecule has 0 aliphatic heterocycles. The number of carbonyl (C=O) groups is 1. The van der Waals surface area contributed by atoms with E-state index in [4.69, 9.17) is 0 Å². The van der Waals surface area contributed by atoms with Gasteiger partial charge >= 0.3 is 6.18 Å². The minimum Gasteiger partial charge on any atom is -0.324 e. The van der Waals surface area contributed by atoms with Crippen molar-refractivity contribution in [3.63, 3.8) is 0 Å². The second-order valence-electron chi connectivity index (χ2n) is 5.66. The number of hydrogen-bond donors (Lipinski definition) is 1.